The average Bonchev–Trinajstić information content (AvgIpc) is 3.14. The third-order valence-electron chi connectivity index (χ3n) is 5.93. The molecule has 148 valence electrons. The Morgan fingerprint density at radius 3 is 2.54 bits per heavy atom. The maximum absolute atomic E-state index is 13.3. The van der Waals surface area contributed by atoms with E-state index in [1.807, 2.05) is 32.6 Å². The summed E-state index contributed by atoms with van der Waals surface area (Å²) in [6.07, 6.45) is 9.95. The number of fused-ring (bicyclic) bond motifs is 1. The molecule has 8 nitrogen and oxygen atoms in total. The van der Waals surface area contributed by atoms with Gasteiger partial charge in [0, 0.05) is 58.5 Å². The summed E-state index contributed by atoms with van der Waals surface area (Å²) < 4.78 is 0. The number of hydrogen-bond donors (Lipinski definition) is 0. The lowest BCUT2D eigenvalue weighted by Crippen LogP contribution is -2.58. The van der Waals surface area contributed by atoms with Crippen molar-refractivity contribution in [3.8, 4) is 0 Å². The highest BCUT2D eigenvalue weighted by atomic mass is 16.2. The summed E-state index contributed by atoms with van der Waals surface area (Å²) in [4.78, 5) is 37.4. The molecule has 0 spiro atoms. The van der Waals surface area contributed by atoms with Crippen LogP contribution in [0.4, 0.5) is 11.9 Å². The molecule has 0 aromatic carbocycles. The first kappa shape index (κ1) is 18.6. The number of amides is 1. The van der Waals surface area contributed by atoms with Crippen LogP contribution >= 0.6 is 0 Å². The third kappa shape index (κ3) is 3.06. The largest absolute Gasteiger partial charge is 0.348 e. The fourth-order valence-corrected chi connectivity index (χ4v) is 4.54. The SMILES string of the molecule is CCc1cnc(N2C[C@H]3N(c4ncccn4)CCC[C@@]3(C(=O)N(C)C)C2)nc1. The van der Waals surface area contributed by atoms with Crippen molar-refractivity contribution in [3.05, 3.63) is 36.4 Å². The van der Waals surface area contributed by atoms with Gasteiger partial charge >= 0.3 is 0 Å². The van der Waals surface area contributed by atoms with Crippen molar-refractivity contribution in [1.29, 1.82) is 0 Å². The van der Waals surface area contributed by atoms with Gasteiger partial charge in [-0.2, -0.15) is 0 Å². The molecule has 0 radical (unpaired) electrons. The molecule has 0 saturated carbocycles. The van der Waals surface area contributed by atoms with Crippen molar-refractivity contribution in [1.82, 2.24) is 24.8 Å². The monoisotopic (exact) mass is 381 g/mol. The molecule has 0 bridgehead atoms. The lowest BCUT2D eigenvalue weighted by Gasteiger charge is -2.45. The number of nitrogens with zero attached hydrogens (tertiary/aromatic N) is 7. The number of piperidine rings is 1. The Kier molecular flexibility index (Phi) is 4.87. The average molecular weight is 381 g/mol. The van der Waals surface area contributed by atoms with E-state index in [9.17, 15) is 4.79 Å². The van der Waals surface area contributed by atoms with E-state index in [2.05, 4.69) is 36.7 Å². The van der Waals surface area contributed by atoms with Gasteiger partial charge in [-0.1, -0.05) is 6.92 Å². The van der Waals surface area contributed by atoms with Crippen LogP contribution in [0.3, 0.4) is 0 Å². The van der Waals surface area contributed by atoms with Crippen LogP contribution in [0.15, 0.2) is 30.9 Å². The standard InChI is InChI=1S/C20H27N7O/c1-4-15-11-23-18(24-12-15)26-13-16-20(14-26,17(28)25(2)3)7-5-10-27(16)19-21-8-6-9-22-19/h6,8-9,11-12,16H,4-5,7,10,13-14H2,1-3H3/t16-,20-/m1/s1. The number of carbonyl (C=O) groups is 1. The van der Waals surface area contributed by atoms with Crippen molar-refractivity contribution in [2.75, 3.05) is 43.5 Å². The molecule has 2 aromatic rings. The molecule has 2 aliphatic heterocycles. The first-order valence-corrected chi connectivity index (χ1v) is 9.86. The van der Waals surface area contributed by atoms with Crippen LogP contribution in [0, 0.1) is 5.41 Å². The zero-order valence-corrected chi connectivity index (χ0v) is 16.7. The Bertz CT molecular complexity index is 826. The Labute approximate surface area is 165 Å². The highest BCUT2D eigenvalue weighted by Gasteiger charge is 2.57. The van der Waals surface area contributed by atoms with E-state index >= 15 is 0 Å². The second kappa shape index (κ2) is 7.33. The first-order valence-electron chi connectivity index (χ1n) is 9.86. The summed E-state index contributed by atoms with van der Waals surface area (Å²) in [6.45, 7) is 4.23. The number of hydrogen-bond acceptors (Lipinski definition) is 7. The zero-order chi connectivity index (χ0) is 19.7. The molecule has 2 fully saturated rings. The Hall–Kier alpha value is -2.77. The van der Waals surface area contributed by atoms with Gasteiger partial charge in [-0.05, 0) is 30.9 Å². The van der Waals surface area contributed by atoms with E-state index in [-0.39, 0.29) is 11.9 Å². The Morgan fingerprint density at radius 2 is 1.89 bits per heavy atom. The Morgan fingerprint density at radius 1 is 1.18 bits per heavy atom. The lowest BCUT2D eigenvalue weighted by molar-refractivity contribution is -0.140. The summed E-state index contributed by atoms with van der Waals surface area (Å²) in [5.74, 6) is 1.53. The minimum absolute atomic E-state index is 0.00648. The summed E-state index contributed by atoms with van der Waals surface area (Å²) in [5.41, 5.74) is 0.604. The van der Waals surface area contributed by atoms with Gasteiger partial charge < -0.3 is 14.7 Å². The van der Waals surface area contributed by atoms with Gasteiger partial charge in [0.1, 0.15) is 0 Å². The summed E-state index contributed by atoms with van der Waals surface area (Å²) in [6, 6.07) is 1.81. The highest BCUT2D eigenvalue weighted by molar-refractivity contribution is 5.86. The van der Waals surface area contributed by atoms with Crippen LogP contribution in [0.2, 0.25) is 0 Å². The van der Waals surface area contributed by atoms with Crippen molar-refractivity contribution in [3.63, 3.8) is 0 Å². The molecule has 4 heterocycles. The van der Waals surface area contributed by atoms with E-state index in [0.29, 0.717) is 25.0 Å². The molecule has 4 rings (SSSR count). The summed E-state index contributed by atoms with van der Waals surface area (Å²) >= 11 is 0. The molecule has 2 atom stereocenters. The minimum atomic E-state index is -0.506. The quantitative estimate of drug-likeness (QED) is 0.792. The van der Waals surface area contributed by atoms with Gasteiger partial charge in [-0.25, -0.2) is 19.9 Å². The lowest BCUT2D eigenvalue weighted by atomic mass is 9.74. The summed E-state index contributed by atoms with van der Waals surface area (Å²) in [5, 5.41) is 0. The second-order valence-electron chi connectivity index (χ2n) is 7.84. The number of aromatic nitrogens is 4. The first-order chi connectivity index (χ1) is 13.5. The van der Waals surface area contributed by atoms with Crippen molar-refractivity contribution in [2.45, 2.75) is 32.2 Å². The van der Waals surface area contributed by atoms with Gasteiger partial charge in [0.05, 0.1) is 11.5 Å². The van der Waals surface area contributed by atoms with Gasteiger partial charge in [-0.15, -0.1) is 0 Å². The zero-order valence-electron chi connectivity index (χ0n) is 16.7. The molecule has 0 aliphatic carbocycles. The van der Waals surface area contributed by atoms with E-state index in [1.54, 1.807) is 17.3 Å². The molecular formula is C20H27N7O. The normalized spacial score (nSPS) is 24.2. The van der Waals surface area contributed by atoms with Gasteiger partial charge in [0.2, 0.25) is 17.8 Å². The second-order valence-corrected chi connectivity index (χ2v) is 7.84. The van der Waals surface area contributed by atoms with Crippen LogP contribution in [0.1, 0.15) is 25.3 Å². The molecule has 0 N–H and O–H groups in total. The molecular weight excluding hydrogens is 354 g/mol. The van der Waals surface area contributed by atoms with Crippen LogP contribution in [-0.2, 0) is 11.2 Å². The fourth-order valence-electron chi connectivity index (χ4n) is 4.54. The molecule has 0 unspecified atom stereocenters. The molecule has 8 heteroatoms. The van der Waals surface area contributed by atoms with Crippen LogP contribution in [0.5, 0.6) is 0 Å². The van der Waals surface area contributed by atoms with Crippen molar-refractivity contribution in [2.24, 2.45) is 5.41 Å². The molecule has 2 aromatic heterocycles. The molecule has 1 amide bonds. The van der Waals surface area contributed by atoms with E-state index in [1.165, 1.54) is 0 Å². The van der Waals surface area contributed by atoms with Gasteiger partial charge in [-0.3, -0.25) is 4.79 Å². The smallest absolute Gasteiger partial charge is 0.232 e. The maximum Gasteiger partial charge on any atom is 0.232 e. The predicted octanol–water partition coefficient (Wildman–Crippen LogP) is 1.39. The molecule has 2 saturated heterocycles. The van der Waals surface area contributed by atoms with E-state index in [0.717, 1.165) is 31.4 Å². The minimum Gasteiger partial charge on any atom is -0.348 e. The van der Waals surface area contributed by atoms with Gasteiger partial charge in [0.25, 0.3) is 0 Å². The Balaban J connectivity index is 1.71. The van der Waals surface area contributed by atoms with Crippen LogP contribution in [-0.4, -0.2) is 70.5 Å². The number of aryl methyl sites for hydroxylation is 1. The number of carbonyl (C=O) groups excluding carboxylic acids is 1. The summed E-state index contributed by atoms with van der Waals surface area (Å²) in [7, 11) is 3.67. The van der Waals surface area contributed by atoms with Gasteiger partial charge in [0.15, 0.2) is 0 Å². The van der Waals surface area contributed by atoms with Crippen molar-refractivity contribution >= 4 is 17.8 Å². The van der Waals surface area contributed by atoms with Crippen LogP contribution < -0.4 is 9.80 Å². The fraction of sp³-hybridized carbons (Fsp3) is 0.550. The predicted molar refractivity (Wildman–Crippen MR) is 107 cm³/mol. The van der Waals surface area contributed by atoms with E-state index in [4.69, 9.17) is 0 Å². The number of anilines is 2. The third-order valence-corrected chi connectivity index (χ3v) is 5.93. The maximum atomic E-state index is 13.3. The molecule has 2 aliphatic rings. The highest BCUT2D eigenvalue weighted by Crippen LogP contribution is 2.44. The number of rotatable bonds is 4. The van der Waals surface area contributed by atoms with Crippen molar-refractivity contribution < 1.29 is 4.79 Å². The molecule has 28 heavy (non-hydrogen) atoms. The van der Waals surface area contributed by atoms with Crippen LogP contribution in [0.25, 0.3) is 0 Å². The topological polar surface area (TPSA) is 78.4 Å². The van der Waals surface area contributed by atoms with E-state index < -0.39 is 5.41 Å².